The summed E-state index contributed by atoms with van der Waals surface area (Å²) in [5, 5.41) is 0.104. The Morgan fingerprint density at radius 3 is 1.34 bits per heavy atom. The van der Waals surface area contributed by atoms with Crippen molar-refractivity contribution in [3.05, 3.63) is 187 Å². The van der Waals surface area contributed by atoms with Crippen molar-refractivity contribution in [3.63, 3.8) is 0 Å². The quantitative estimate of drug-likeness (QED) is 0.0195. The molecule has 0 heterocycles. The molecule has 0 aliphatic heterocycles. The molecule has 4 aromatic rings. The summed E-state index contributed by atoms with van der Waals surface area (Å²) in [5.74, 6) is 2.01. The maximum Gasteiger partial charge on any atom is 0.192 e. The summed E-state index contributed by atoms with van der Waals surface area (Å²) in [4.78, 5) is 0. The van der Waals surface area contributed by atoms with E-state index in [9.17, 15) is 0 Å². The van der Waals surface area contributed by atoms with Crippen LogP contribution in [0.15, 0.2) is 164 Å². The SMILES string of the molecule is C=C/C=C\[C@H](C)[C@H](OCc1ccc(OC)cc1)[C@@H](C)[C@@H](CC[C@H](C)C[C@H](C)[C@@H](O[Si](C)(C)C(C)(C)C)[C@@H](C)/C=C\[C@H](C[C@H](O[Si](C)(C)C(C)(C)C)[C@H](C)/C=C/COC(c1ccccc1)(c1ccccc1)c1ccccc1)O[Si](C)(C)C(C)(C)C)O[Si](C)(C)C(C)(C)C. The summed E-state index contributed by atoms with van der Waals surface area (Å²) in [7, 11) is -7.32. The van der Waals surface area contributed by atoms with Crippen LogP contribution in [0.3, 0.4) is 0 Å². The summed E-state index contributed by atoms with van der Waals surface area (Å²) < 4.78 is 50.2. The van der Waals surface area contributed by atoms with Crippen LogP contribution in [0.5, 0.6) is 5.75 Å². The van der Waals surface area contributed by atoms with Gasteiger partial charge >= 0.3 is 0 Å². The molecule has 0 N–H and O–H groups in total. The highest BCUT2D eigenvalue weighted by Gasteiger charge is 2.46. The molecule has 7 nitrogen and oxygen atoms in total. The summed E-state index contributed by atoms with van der Waals surface area (Å²) >= 11 is 0. The van der Waals surface area contributed by atoms with Crippen LogP contribution in [0.2, 0.25) is 72.5 Å². The largest absolute Gasteiger partial charge is 0.497 e. The van der Waals surface area contributed by atoms with Gasteiger partial charge in [-0.3, -0.25) is 0 Å². The fourth-order valence-corrected chi connectivity index (χ4v) is 17.1. The first-order valence-corrected chi connectivity index (χ1v) is 46.6. The lowest BCUT2D eigenvalue weighted by molar-refractivity contribution is -0.0551. The Balaban J connectivity index is 1.73. The molecule has 4 rings (SSSR count). The molecule has 0 saturated heterocycles. The van der Waals surface area contributed by atoms with E-state index in [4.69, 9.17) is 31.9 Å². The van der Waals surface area contributed by atoms with Gasteiger partial charge in [0.25, 0.3) is 0 Å². The van der Waals surface area contributed by atoms with Gasteiger partial charge in [-0.15, -0.1) is 0 Å². The average Bonchev–Trinajstić information content (AvgIpc) is 0.763. The van der Waals surface area contributed by atoms with Gasteiger partial charge in [-0.1, -0.05) is 277 Å². The number of hydrogen-bond donors (Lipinski definition) is 0. The van der Waals surface area contributed by atoms with Gasteiger partial charge in [-0.25, -0.2) is 0 Å². The van der Waals surface area contributed by atoms with Crippen LogP contribution in [0.25, 0.3) is 0 Å². The Labute approximate surface area is 568 Å². The first-order valence-electron chi connectivity index (χ1n) is 34.9. The summed E-state index contributed by atoms with van der Waals surface area (Å²) in [6, 6.07) is 40.2. The van der Waals surface area contributed by atoms with Gasteiger partial charge < -0.3 is 31.9 Å². The van der Waals surface area contributed by atoms with E-state index in [1.54, 1.807) is 7.11 Å². The van der Waals surface area contributed by atoms with Crippen molar-refractivity contribution >= 4 is 33.3 Å². The zero-order valence-electron chi connectivity index (χ0n) is 63.2. The van der Waals surface area contributed by atoms with E-state index < -0.39 is 38.9 Å². The predicted octanol–water partition coefficient (Wildman–Crippen LogP) is 23.4. The summed E-state index contributed by atoms with van der Waals surface area (Å²) in [5.41, 5.74) is 3.58. The van der Waals surface area contributed by atoms with Crippen LogP contribution >= 0.6 is 0 Å². The third kappa shape index (κ3) is 23.0. The topological polar surface area (TPSA) is 64.6 Å². The third-order valence-electron chi connectivity index (χ3n) is 21.6. The fraction of sp³-hybridized carbons (Fsp3) is 0.605. The second-order valence-electron chi connectivity index (χ2n) is 33.3. The maximum absolute atomic E-state index is 7.69. The minimum atomic E-state index is -2.30. The van der Waals surface area contributed by atoms with Crippen molar-refractivity contribution in [2.75, 3.05) is 13.7 Å². The Bertz CT molecular complexity index is 2760. The van der Waals surface area contributed by atoms with E-state index >= 15 is 0 Å². The number of methoxy groups -OCH3 is 1. The second kappa shape index (κ2) is 34.5. The van der Waals surface area contributed by atoms with Crippen molar-refractivity contribution in [2.24, 2.45) is 35.5 Å². The van der Waals surface area contributed by atoms with E-state index in [0.717, 1.165) is 53.7 Å². The van der Waals surface area contributed by atoms with E-state index in [0.29, 0.717) is 19.1 Å². The number of benzene rings is 4. The molecule has 0 aliphatic rings. The highest BCUT2D eigenvalue weighted by molar-refractivity contribution is 6.75. The Hall–Kier alpha value is -3.73. The minimum Gasteiger partial charge on any atom is -0.497 e. The molecule has 4 aromatic carbocycles. The Kier molecular flexibility index (Phi) is 30.2. The molecule has 0 spiro atoms. The van der Waals surface area contributed by atoms with Crippen LogP contribution in [-0.4, -0.2) is 77.5 Å². The molecular formula is C81H132O7Si4. The highest BCUT2D eigenvalue weighted by atomic mass is 28.4. The molecule has 92 heavy (non-hydrogen) atoms. The van der Waals surface area contributed by atoms with Crippen LogP contribution in [0.4, 0.5) is 0 Å². The van der Waals surface area contributed by atoms with Crippen LogP contribution in [0, 0.1) is 35.5 Å². The first-order chi connectivity index (χ1) is 42.5. The lowest BCUT2D eigenvalue weighted by Crippen LogP contribution is -2.48. The van der Waals surface area contributed by atoms with Gasteiger partial charge in [0.1, 0.15) is 11.4 Å². The van der Waals surface area contributed by atoms with Crippen molar-refractivity contribution in [2.45, 2.75) is 266 Å². The summed E-state index contributed by atoms with van der Waals surface area (Å²) in [6.45, 7) is 66.7. The van der Waals surface area contributed by atoms with Crippen molar-refractivity contribution in [1.29, 1.82) is 0 Å². The summed E-state index contributed by atoms with van der Waals surface area (Å²) in [6.07, 6.45) is 19.0. The molecule has 0 unspecified atom stereocenters. The highest BCUT2D eigenvalue weighted by Crippen LogP contribution is 2.46. The van der Waals surface area contributed by atoms with Crippen LogP contribution < -0.4 is 4.74 Å². The molecular weight excluding hydrogens is 1200 g/mol. The third-order valence-corrected chi connectivity index (χ3v) is 39.6. The van der Waals surface area contributed by atoms with Crippen LogP contribution in [-0.2, 0) is 39.4 Å². The molecule has 0 radical (unpaired) electrons. The van der Waals surface area contributed by atoms with Gasteiger partial charge in [0.05, 0.1) is 50.8 Å². The molecule has 0 saturated carbocycles. The zero-order valence-corrected chi connectivity index (χ0v) is 67.2. The van der Waals surface area contributed by atoms with Crippen molar-refractivity contribution in [3.8, 4) is 5.75 Å². The maximum atomic E-state index is 7.69. The number of rotatable bonds is 36. The lowest BCUT2D eigenvalue weighted by Gasteiger charge is -2.44. The molecule has 0 aromatic heterocycles. The van der Waals surface area contributed by atoms with Gasteiger partial charge in [-0.2, -0.15) is 0 Å². The molecule has 514 valence electrons. The number of ether oxygens (including phenoxy) is 3. The molecule has 0 aliphatic carbocycles. The standard InChI is InChI=1S/C81H132O7Si4/c1-29-30-41-63(4)76(83-60-67-51-54-71(82-20)55-52-67)66(7)73(86-90(23,24)78(11,12)13)56-49-61(2)58-65(6)75(88-92(27,28)80(17,18)19)64(5)50-53-72(85-89(21,22)77(8,9)10)59-74(87-91(25,26)79(14,15)16)62(3)42-40-57-84-81(68-43-34-31-35-44-68,69-45-36-32-37-46-69)70-47-38-33-39-48-70/h29-48,50-55,61-66,72-76H,1,49,56-60H2,2-28H3/b41-30-,42-40+,53-50-/t61-,62+,63-,64-,65-,66-,72+,73+,74-,75-,76-/m0/s1. The monoisotopic (exact) mass is 1330 g/mol. The molecule has 11 atom stereocenters. The molecule has 0 bridgehead atoms. The normalized spacial score (nSPS) is 17.5. The fourth-order valence-electron chi connectivity index (χ4n) is 11.5. The second-order valence-corrected chi connectivity index (χ2v) is 52.3. The average molecular weight is 1330 g/mol. The van der Waals surface area contributed by atoms with Gasteiger partial charge in [0.15, 0.2) is 33.3 Å². The van der Waals surface area contributed by atoms with Crippen molar-refractivity contribution < 1.29 is 31.9 Å². The van der Waals surface area contributed by atoms with Gasteiger partial charge in [0.2, 0.25) is 0 Å². The Morgan fingerprint density at radius 1 is 0.457 bits per heavy atom. The lowest BCUT2D eigenvalue weighted by atomic mass is 9.80. The molecule has 0 amide bonds. The van der Waals surface area contributed by atoms with Gasteiger partial charge in [0, 0.05) is 18.3 Å². The van der Waals surface area contributed by atoms with E-state index in [1.165, 1.54) is 0 Å². The smallest absolute Gasteiger partial charge is 0.192 e. The first kappa shape index (κ1) is 80.7. The number of hydrogen-bond acceptors (Lipinski definition) is 7. The van der Waals surface area contributed by atoms with E-state index in [-0.39, 0.29) is 80.3 Å². The zero-order chi connectivity index (χ0) is 69.3. The predicted molar refractivity (Wildman–Crippen MR) is 406 cm³/mol. The minimum absolute atomic E-state index is 0.00323. The molecule has 0 fully saturated rings. The van der Waals surface area contributed by atoms with E-state index in [1.807, 2.05) is 18.2 Å². The molecule has 11 heteroatoms. The van der Waals surface area contributed by atoms with Gasteiger partial charge in [-0.05, 0) is 150 Å². The van der Waals surface area contributed by atoms with E-state index in [2.05, 4.69) is 323 Å². The Morgan fingerprint density at radius 2 is 0.891 bits per heavy atom. The van der Waals surface area contributed by atoms with Crippen LogP contribution in [0.1, 0.15) is 173 Å². The number of allylic oxidation sites excluding steroid dienone is 2. The van der Waals surface area contributed by atoms with Crippen molar-refractivity contribution in [1.82, 2.24) is 0 Å².